The molecule has 3 nitrogen and oxygen atoms in total. The van der Waals surface area contributed by atoms with Crippen LogP contribution in [0.15, 0.2) is 18.2 Å². The Morgan fingerprint density at radius 1 is 1.56 bits per heavy atom. The van der Waals surface area contributed by atoms with Crippen LogP contribution < -0.4 is 10.2 Å². The number of phenolic OH excluding ortho intramolecular Hbond substituents is 1. The molecule has 0 amide bonds. The van der Waals surface area contributed by atoms with Gasteiger partial charge in [-0.1, -0.05) is 0 Å². The van der Waals surface area contributed by atoms with Gasteiger partial charge in [-0.3, -0.25) is 0 Å². The Morgan fingerprint density at radius 2 is 2.31 bits per heavy atom. The topological polar surface area (TPSA) is 35.5 Å². The number of hydrogen-bond donors (Lipinski definition) is 2. The van der Waals surface area contributed by atoms with Gasteiger partial charge < -0.3 is 15.3 Å². The van der Waals surface area contributed by atoms with Gasteiger partial charge in [-0.2, -0.15) is 0 Å². The van der Waals surface area contributed by atoms with E-state index in [0.717, 1.165) is 13.0 Å². The predicted octanol–water partition coefficient (Wildman–Crippen LogP) is 1.92. The fraction of sp³-hybridized carbons (Fsp3) is 0.538. The van der Waals surface area contributed by atoms with E-state index in [1.807, 2.05) is 19.2 Å². The number of likely N-dealkylation sites (N-methyl/N-ethyl adjacent to an activating group) is 1. The molecule has 88 valence electrons. The molecule has 0 saturated heterocycles. The van der Waals surface area contributed by atoms with Gasteiger partial charge in [0.2, 0.25) is 0 Å². The fourth-order valence-corrected chi connectivity index (χ4v) is 2.49. The lowest BCUT2D eigenvalue weighted by Gasteiger charge is -2.16. The third kappa shape index (κ3) is 2.00. The molecular formula is C13H20N2O. The highest BCUT2D eigenvalue weighted by Gasteiger charge is 2.27. The third-order valence-corrected chi connectivity index (χ3v) is 3.49. The summed E-state index contributed by atoms with van der Waals surface area (Å²) in [7, 11) is 4.10. The normalized spacial score (nSPS) is 20.9. The minimum Gasteiger partial charge on any atom is -0.508 e. The summed E-state index contributed by atoms with van der Waals surface area (Å²) >= 11 is 0. The van der Waals surface area contributed by atoms with Crippen molar-refractivity contribution in [1.82, 2.24) is 5.32 Å². The van der Waals surface area contributed by atoms with E-state index in [4.69, 9.17) is 0 Å². The van der Waals surface area contributed by atoms with Crippen LogP contribution in [-0.4, -0.2) is 31.8 Å². The lowest BCUT2D eigenvalue weighted by Crippen LogP contribution is -2.25. The summed E-state index contributed by atoms with van der Waals surface area (Å²) < 4.78 is 0. The molecule has 0 spiro atoms. The van der Waals surface area contributed by atoms with Gasteiger partial charge in [0.1, 0.15) is 5.75 Å². The van der Waals surface area contributed by atoms with Crippen molar-refractivity contribution >= 4 is 5.69 Å². The van der Waals surface area contributed by atoms with Gasteiger partial charge >= 0.3 is 0 Å². The van der Waals surface area contributed by atoms with Crippen molar-refractivity contribution in [2.45, 2.75) is 25.3 Å². The number of fused-ring (bicyclic) bond motifs is 1. The van der Waals surface area contributed by atoms with Gasteiger partial charge in [0.25, 0.3) is 0 Å². The summed E-state index contributed by atoms with van der Waals surface area (Å²) in [5.41, 5.74) is 2.54. The zero-order valence-electron chi connectivity index (χ0n) is 10.2. The molecule has 2 rings (SSSR count). The van der Waals surface area contributed by atoms with Crippen molar-refractivity contribution in [2.75, 3.05) is 25.5 Å². The third-order valence-electron chi connectivity index (χ3n) is 3.49. The molecule has 3 heteroatoms. The summed E-state index contributed by atoms with van der Waals surface area (Å²) in [6.45, 7) is 3.24. The van der Waals surface area contributed by atoms with Crippen LogP contribution in [-0.2, 0) is 0 Å². The quantitative estimate of drug-likeness (QED) is 0.817. The zero-order chi connectivity index (χ0) is 11.7. The van der Waals surface area contributed by atoms with Gasteiger partial charge in [-0.25, -0.2) is 0 Å². The monoisotopic (exact) mass is 220 g/mol. The number of aromatic hydroxyl groups is 1. The van der Waals surface area contributed by atoms with E-state index in [9.17, 15) is 5.11 Å². The second kappa shape index (κ2) is 4.34. The van der Waals surface area contributed by atoms with Crippen molar-refractivity contribution in [3.8, 4) is 5.75 Å². The lowest BCUT2D eigenvalue weighted by atomic mass is 9.94. The maximum absolute atomic E-state index is 9.56. The molecule has 0 bridgehead atoms. The summed E-state index contributed by atoms with van der Waals surface area (Å²) in [5.74, 6) is 0.894. The molecule has 1 aliphatic rings. The maximum atomic E-state index is 9.56. The highest BCUT2D eigenvalue weighted by atomic mass is 16.3. The minimum atomic E-state index is 0.371. The van der Waals surface area contributed by atoms with E-state index in [1.165, 1.54) is 11.3 Å². The van der Waals surface area contributed by atoms with E-state index in [2.05, 4.69) is 24.2 Å². The number of benzene rings is 1. The van der Waals surface area contributed by atoms with Crippen molar-refractivity contribution in [3.63, 3.8) is 0 Å². The molecule has 1 aromatic carbocycles. The fourth-order valence-electron chi connectivity index (χ4n) is 2.49. The highest BCUT2D eigenvalue weighted by Crippen LogP contribution is 2.39. The van der Waals surface area contributed by atoms with Crippen molar-refractivity contribution in [1.29, 1.82) is 0 Å². The Hall–Kier alpha value is -1.22. The van der Waals surface area contributed by atoms with E-state index in [-0.39, 0.29) is 0 Å². The van der Waals surface area contributed by atoms with Gasteiger partial charge in [0.15, 0.2) is 0 Å². The average Bonchev–Trinajstić information content (AvgIpc) is 2.55. The van der Waals surface area contributed by atoms with Crippen LogP contribution in [0, 0.1) is 0 Å². The van der Waals surface area contributed by atoms with Gasteiger partial charge in [0, 0.05) is 31.2 Å². The molecule has 0 radical (unpaired) electrons. The molecule has 2 atom stereocenters. The van der Waals surface area contributed by atoms with Crippen molar-refractivity contribution in [2.24, 2.45) is 0 Å². The van der Waals surface area contributed by atoms with Crippen LogP contribution in [0.1, 0.15) is 24.8 Å². The molecule has 0 saturated carbocycles. The van der Waals surface area contributed by atoms with Gasteiger partial charge in [-0.05, 0) is 44.2 Å². The molecule has 1 heterocycles. The lowest BCUT2D eigenvalue weighted by molar-refractivity contribution is 0.472. The molecule has 0 aliphatic carbocycles. The Bertz CT molecular complexity index is 378. The van der Waals surface area contributed by atoms with E-state index in [1.54, 1.807) is 6.07 Å². The molecule has 16 heavy (non-hydrogen) atoms. The first-order valence-corrected chi connectivity index (χ1v) is 5.83. The molecular weight excluding hydrogens is 200 g/mol. The first-order valence-electron chi connectivity index (χ1n) is 5.83. The molecule has 1 aliphatic heterocycles. The van der Waals surface area contributed by atoms with Crippen LogP contribution >= 0.6 is 0 Å². The van der Waals surface area contributed by atoms with Gasteiger partial charge in [0.05, 0.1) is 0 Å². The molecule has 2 N–H and O–H groups in total. The summed E-state index contributed by atoms with van der Waals surface area (Å²) in [5, 5.41) is 12.8. The Kier molecular flexibility index (Phi) is 3.06. The molecule has 0 fully saturated rings. The smallest absolute Gasteiger partial charge is 0.116 e. The molecule has 0 aromatic heterocycles. The first kappa shape index (κ1) is 11.3. The van der Waals surface area contributed by atoms with E-state index < -0.39 is 0 Å². The van der Waals surface area contributed by atoms with Crippen molar-refractivity contribution in [3.05, 3.63) is 23.8 Å². The van der Waals surface area contributed by atoms with Crippen LogP contribution in [0.3, 0.4) is 0 Å². The van der Waals surface area contributed by atoms with Crippen LogP contribution in [0.5, 0.6) is 5.75 Å². The highest BCUT2D eigenvalue weighted by molar-refractivity contribution is 5.61. The zero-order valence-corrected chi connectivity index (χ0v) is 10.2. The SMILES string of the molecule is CNC(C)CC1CN(C)c2ccc(O)cc21. The predicted molar refractivity (Wildman–Crippen MR) is 67.3 cm³/mol. The number of nitrogens with one attached hydrogen (secondary N) is 1. The van der Waals surface area contributed by atoms with Gasteiger partial charge in [-0.15, -0.1) is 0 Å². The summed E-state index contributed by atoms with van der Waals surface area (Å²) in [6, 6.07) is 6.19. The summed E-state index contributed by atoms with van der Waals surface area (Å²) in [4.78, 5) is 2.27. The van der Waals surface area contributed by atoms with Crippen LogP contribution in [0.2, 0.25) is 0 Å². The van der Waals surface area contributed by atoms with E-state index >= 15 is 0 Å². The maximum Gasteiger partial charge on any atom is 0.116 e. The van der Waals surface area contributed by atoms with Crippen molar-refractivity contribution < 1.29 is 5.11 Å². The Morgan fingerprint density at radius 3 is 3.00 bits per heavy atom. The van der Waals surface area contributed by atoms with Crippen LogP contribution in [0.25, 0.3) is 0 Å². The number of rotatable bonds is 3. The standard InChI is InChI=1S/C13H20N2O/c1-9(14-2)6-10-8-15(3)13-5-4-11(16)7-12(10)13/h4-5,7,9-10,14,16H,6,8H2,1-3H3. The Labute approximate surface area is 97.1 Å². The second-order valence-electron chi connectivity index (χ2n) is 4.75. The summed E-state index contributed by atoms with van der Waals surface area (Å²) in [6.07, 6.45) is 1.11. The van der Waals surface area contributed by atoms with Crippen LogP contribution in [0.4, 0.5) is 5.69 Å². The second-order valence-corrected chi connectivity index (χ2v) is 4.75. The largest absolute Gasteiger partial charge is 0.508 e. The number of hydrogen-bond acceptors (Lipinski definition) is 3. The molecule has 1 aromatic rings. The number of phenols is 1. The number of nitrogens with zero attached hydrogens (tertiary/aromatic N) is 1. The molecule has 2 unspecified atom stereocenters. The van der Waals surface area contributed by atoms with E-state index in [0.29, 0.717) is 17.7 Å². The average molecular weight is 220 g/mol. The first-order chi connectivity index (χ1) is 7.61. The minimum absolute atomic E-state index is 0.371. The number of anilines is 1. The Balaban J connectivity index is 2.24.